The van der Waals surface area contributed by atoms with Gasteiger partial charge < -0.3 is 4.74 Å². The Morgan fingerprint density at radius 1 is 1.11 bits per heavy atom. The van der Waals surface area contributed by atoms with Gasteiger partial charge in [-0.3, -0.25) is 14.2 Å². The maximum absolute atomic E-state index is 13.2. The van der Waals surface area contributed by atoms with Crippen molar-refractivity contribution in [1.82, 2.24) is 9.55 Å². The van der Waals surface area contributed by atoms with E-state index < -0.39 is 5.25 Å². The predicted octanol–water partition coefficient (Wildman–Crippen LogP) is 4.76. The number of esters is 1. The maximum Gasteiger partial charge on any atom is 0.324 e. The minimum absolute atomic E-state index is 0.0364. The number of carbonyl (C=O) groups excluding carboxylic acids is 1. The number of carbonyl (C=O) groups is 1. The number of para-hydroxylation sites is 1. The van der Waals surface area contributed by atoms with Gasteiger partial charge in [0, 0.05) is 6.04 Å². The highest BCUT2D eigenvalue weighted by molar-refractivity contribution is 8.00. The molecule has 0 aliphatic rings. The first-order valence-electron chi connectivity index (χ1n) is 9.46. The highest BCUT2D eigenvalue weighted by Gasteiger charge is 2.27. The second kappa shape index (κ2) is 9.06. The molecule has 5 nitrogen and oxygen atoms in total. The first kappa shape index (κ1) is 20.1. The molecule has 0 aliphatic heterocycles. The van der Waals surface area contributed by atoms with Gasteiger partial charge in [-0.05, 0) is 38.0 Å². The van der Waals surface area contributed by atoms with E-state index in [1.54, 1.807) is 17.6 Å². The number of ether oxygens (including phenoxy) is 1. The van der Waals surface area contributed by atoms with E-state index in [9.17, 15) is 9.59 Å². The van der Waals surface area contributed by atoms with Gasteiger partial charge in [-0.15, -0.1) is 0 Å². The third kappa shape index (κ3) is 4.12. The zero-order valence-corrected chi connectivity index (χ0v) is 17.1. The van der Waals surface area contributed by atoms with Gasteiger partial charge in [-0.1, -0.05) is 61.2 Å². The quantitative estimate of drug-likeness (QED) is 0.327. The molecule has 0 amide bonds. The highest BCUT2D eigenvalue weighted by Crippen LogP contribution is 2.36. The molecule has 0 saturated carbocycles. The second-order valence-electron chi connectivity index (χ2n) is 6.50. The molecule has 2 atom stereocenters. The van der Waals surface area contributed by atoms with Crippen molar-refractivity contribution in [2.75, 3.05) is 6.61 Å². The van der Waals surface area contributed by atoms with Crippen molar-refractivity contribution in [3.05, 3.63) is 70.5 Å². The van der Waals surface area contributed by atoms with Crippen LogP contribution >= 0.6 is 11.8 Å². The van der Waals surface area contributed by atoms with Crippen LogP contribution in [0.15, 0.2) is 64.5 Å². The Hall–Kier alpha value is -2.60. The zero-order valence-electron chi connectivity index (χ0n) is 16.3. The summed E-state index contributed by atoms with van der Waals surface area (Å²) < 4.78 is 7.00. The molecule has 0 spiro atoms. The number of nitrogens with zero attached hydrogens (tertiary/aromatic N) is 2. The van der Waals surface area contributed by atoms with Crippen molar-refractivity contribution in [2.45, 2.75) is 43.6 Å². The van der Waals surface area contributed by atoms with Crippen molar-refractivity contribution in [1.29, 1.82) is 0 Å². The number of rotatable bonds is 7. The van der Waals surface area contributed by atoms with Gasteiger partial charge in [-0.25, -0.2) is 4.98 Å². The number of hydrogen-bond donors (Lipinski definition) is 0. The van der Waals surface area contributed by atoms with E-state index in [1.165, 1.54) is 11.8 Å². The topological polar surface area (TPSA) is 61.2 Å². The number of hydrogen-bond acceptors (Lipinski definition) is 5. The van der Waals surface area contributed by atoms with Gasteiger partial charge in [-0.2, -0.15) is 0 Å². The van der Waals surface area contributed by atoms with Crippen LogP contribution in [0.3, 0.4) is 0 Å². The molecule has 0 unspecified atom stereocenters. The van der Waals surface area contributed by atoms with Gasteiger partial charge in [0.05, 0.1) is 17.5 Å². The average Bonchev–Trinajstić information content (AvgIpc) is 2.72. The summed E-state index contributed by atoms with van der Waals surface area (Å²) in [6.45, 7) is 6.10. The number of aromatic nitrogens is 2. The second-order valence-corrected chi connectivity index (χ2v) is 7.58. The predicted molar refractivity (Wildman–Crippen MR) is 113 cm³/mol. The Morgan fingerprint density at radius 2 is 1.79 bits per heavy atom. The van der Waals surface area contributed by atoms with Crippen molar-refractivity contribution in [3.8, 4) is 0 Å². The summed E-state index contributed by atoms with van der Waals surface area (Å²) in [4.78, 5) is 30.6. The van der Waals surface area contributed by atoms with Gasteiger partial charge in [0.1, 0.15) is 5.25 Å². The average molecular weight is 397 g/mol. The molecule has 28 heavy (non-hydrogen) atoms. The summed E-state index contributed by atoms with van der Waals surface area (Å²) >= 11 is 1.27. The van der Waals surface area contributed by atoms with E-state index in [4.69, 9.17) is 9.72 Å². The van der Waals surface area contributed by atoms with E-state index in [-0.39, 0.29) is 17.6 Å². The molecular weight excluding hydrogens is 372 g/mol. The van der Waals surface area contributed by atoms with Crippen molar-refractivity contribution >= 4 is 28.6 Å². The molecule has 1 heterocycles. The molecule has 0 N–H and O–H groups in total. The van der Waals surface area contributed by atoms with Crippen LogP contribution < -0.4 is 5.56 Å². The molecule has 0 radical (unpaired) electrons. The summed E-state index contributed by atoms with van der Waals surface area (Å²) in [7, 11) is 0. The summed E-state index contributed by atoms with van der Waals surface area (Å²) in [6, 6.07) is 16.7. The van der Waals surface area contributed by atoms with Crippen LogP contribution in [0.2, 0.25) is 0 Å². The van der Waals surface area contributed by atoms with E-state index in [0.717, 1.165) is 12.0 Å². The van der Waals surface area contributed by atoms with E-state index in [1.807, 2.05) is 62.4 Å². The Morgan fingerprint density at radius 3 is 2.46 bits per heavy atom. The summed E-state index contributed by atoms with van der Waals surface area (Å²) in [5, 5.41) is 0.518. The lowest BCUT2D eigenvalue weighted by atomic mass is 10.1. The summed E-state index contributed by atoms with van der Waals surface area (Å²) in [6.07, 6.45) is 0.781. The molecule has 0 saturated heterocycles. The SMILES string of the molecule is CCOC(=O)[C@@H](Sc1nc2ccccc2c(=O)n1[C@H](C)CC)c1ccccc1. The molecule has 3 aromatic rings. The molecule has 0 fully saturated rings. The zero-order chi connectivity index (χ0) is 20.1. The Bertz CT molecular complexity index is 1020. The van der Waals surface area contributed by atoms with Gasteiger partial charge in [0.15, 0.2) is 5.16 Å². The molecule has 3 rings (SSSR count). The molecule has 1 aromatic heterocycles. The van der Waals surface area contributed by atoms with E-state index in [0.29, 0.717) is 22.7 Å². The van der Waals surface area contributed by atoms with Gasteiger partial charge >= 0.3 is 5.97 Å². The van der Waals surface area contributed by atoms with E-state index >= 15 is 0 Å². The number of thioether (sulfide) groups is 1. The van der Waals surface area contributed by atoms with Crippen LogP contribution in [-0.4, -0.2) is 22.1 Å². The third-order valence-corrected chi connectivity index (χ3v) is 5.83. The molecule has 2 aromatic carbocycles. The number of benzene rings is 2. The minimum atomic E-state index is -0.593. The molecule has 0 aliphatic carbocycles. The van der Waals surface area contributed by atoms with Crippen LogP contribution in [0.25, 0.3) is 10.9 Å². The van der Waals surface area contributed by atoms with Gasteiger partial charge in [0.25, 0.3) is 5.56 Å². The molecule has 146 valence electrons. The maximum atomic E-state index is 13.2. The highest BCUT2D eigenvalue weighted by atomic mass is 32.2. The van der Waals surface area contributed by atoms with Gasteiger partial charge in [0.2, 0.25) is 0 Å². The van der Waals surface area contributed by atoms with Crippen LogP contribution in [0.1, 0.15) is 44.0 Å². The Balaban J connectivity index is 2.14. The lowest BCUT2D eigenvalue weighted by Gasteiger charge is -2.21. The molecular formula is C22H24N2O3S. The minimum Gasteiger partial charge on any atom is -0.465 e. The lowest BCUT2D eigenvalue weighted by molar-refractivity contribution is -0.142. The monoisotopic (exact) mass is 396 g/mol. The third-order valence-electron chi connectivity index (χ3n) is 4.63. The van der Waals surface area contributed by atoms with Crippen molar-refractivity contribution < 1.29 is 9.53 Å². The van der Waals surface area contributed by atoms with Crippen LogP contribution in [0, 0.1) is 0 Å². The number of fused-ring (bicyclic) bond motifs is 1. The fourth-order valence-electron chi connectivity index (χ4n) is 2.98. The Labute approximate surface area is 168 Å². The van der Waals surface area contributed by atoms with Crippen LogP contribution in [0.4, 0.5) is 0 Å². The fraction of sp³-hybridized carbons (Fsp3) is 0.318. The summed E-state index contributed by atoms with van der Waals surface area (Å²) in [5.41, 5.74) is 1.37. The first-order chi connectivity index (χ1) is 13.6. The molecule has 0 bridgehead atoms. The van der Waals surface area contributed by atoms with Crippen LogP contribution in [-0.2, 0) is 9.53 Å². The smallest absolute Gasteiger partial charge is 0.324 e. The fourth-order valence-corrected chi connectivity index (χ4v) is 4.18. The first-order valence-corrected chi connectivity index (χ1v) is 10.3. The van der Waals surface area contributed by atoms with Crippen molar-refractivity contribution in [3.63, 3.8) is 0 Å². The summed E-state index contributed by atoms with van der Waals surface area (Å²) in [5.74, 6) is -0.336. The molecule has 6 heteroatoms. The largest absolute Gasteiger partial charge is 0.465 e. The Kier molecular flexibility index (Phi) is 6.52. The lowest BCUT2D eigenvalue weighted by Crippen LogP contribution is -2.27. The standard InChI is InChI=1S/C22H24N2O3S/c1-4-15(3)24-20(25)17-13-9-10-14-18(17)23-22(24)28-19(21(26)27-5-2)16-11-7-6-8-12-16/h6-15,19H,4-5H2,1-3H3/t15-,19+/m1/s1. The van der Waals surface area contributed by atoms with E-state index in [2.05, 4.69) is 0 Å². The van der Waals surface area contributed by atoms with Crippen LogP contribution in [0.5, 0.6) is 0 Å². The van der Waals surface area contributed by atoms with Crippen molar-refractivity contribution in [2.24, 2.45) is 0 Å². The normalized spacial score (nSPS) is 13.2.